The van der Waals surface area contributed by atoms with E-state index in [1.165, 1.54) is 12.6 Å². The first-order valence-electron chi connectivity index (χ1n) is 6.97. The van der Waals surface area contributed by atoms with Crippen LogP contribution in [0.25, 0.3) is 0 Å². The number of hydrogen-bond acceptors (Lipinski definition) is 4. The normalized spacial score (nSPS) is 24.9. The van der Waals surface area contributed by atoms with E-state index in [2.05, 4.69) is 10.6 Å². The summed E-state index contributed by atoms with van der Waals surface area (Å²) in [6, 6.07) is 6.87. The Kier molecular flexibility index (Phi) is 3.47. The van der Waals surface area contributed by atoms with Gasteiger partial charge in [0.25, 0.3) is 5.91 Å². The van der Waals surface area contributed by atoms with E-state index in [4.69, 9.17) is 0 Å². The van der Waals surface area contributed by atoms with Crippen molar-refractivity contribution in [1.29, 1.82) is 0 Å². The van der Waals surface area contributed by atoms with Crippen molar-refractivity contribution in [1.82, 2.24) is 15.5 Å². The second-order valence-corrected chi connectivity index (χ2v) is 5.46. The van der Waals surface area contributed by atoms with Crippen molar-refractivity contribution in [3.8, 4) is 0 Å². The highest BCUT2D eigenvalue weighted by Gasteiger charge is 2.38. The van der Waals surface area contributed by atoms with Gasteiger partial charge in [-0.3, -0.25) is 19.3 Å². The molecule has 2 atom stereocenters. The lowest BCUT2D eigenvalue weighted by Gasteiger charge is -2.26. The molecule has 0 saturated carbocycles. The first-order chi connectivity index (χ1) is 10.1. The summed E-state index contributed by atoms with van der Waals surface area (Å²) in [6.45, 7) is 0.631. The monoisotopic (exact) mass is 287 g/mol. The molecule has 2 aliphatic rings. The van der Waals surface area contributed by atoms with E-state index < -0.39 is 6.04 Å². The fraction of sp³-hybridized carbons (Fsp3) is 0.400. The van der Waals surface area contributed by atoms with Gasteiger partial charge in [0.1, 0.15) is 6.04 Å². The molecule has 2 heterocycles. The maximum atomic E-state index is 12.3. The van der Waals surface area contributed by atoms with Gasteiger partial charge in [0.2, 0.25) is 11.8 Å². The standard InChI is InChI=1S/C15H17N3O3/c1-18-13(19)7-12(15(18)21)17-14(20)11-6-9-4-2-3-5-10(9)8-16-11/h2-5,11-12,16H,6-8H2,1H3,(H,17,20). The molecule has 6 nitrogen and oxygen atoms in total. The number of benzene rings is 1. The van der Waals surface area contributed by atoms with Gasteiger partial charge in [-0.1, -0.05) is 24.3 Å². The molecular formula is C15H17N3O3. The molecule has 110 valence electrons. The van der Waals surface area contributed by atoms with Crippen LogP contribution in [-0.4, -0.2) is 41.8 Å². The number of amides is 3. The first kappa shape index (κ1) is 13.8. The Morgan fingerprint density at radius 2 is 1.95 bits per heavy atom. The van der Waals surface area contributed by atoms with Crippen LogP contribution in [0.3, 0.4) is 0 Å². The number of likely N-dealkylation sites (N-methyl/N-ethyl adjacent to an activating group) is 1. The van der Waals surface area contributed by atoms with Gasteiger partial charge in [-0.2, -0.15) is 0 Å². The maximum absolute atomic E-state index is 12.3. The van der Waals surface area contributed by atoms with Crippen molar-refractivity contribution < 1.29 is 14.4 Å². The fourth-order valence-electron chi connectivity index (χ4n) is 2.78. The lowest BCUT2D eigenvalue weighted by Crippen LogP contribution is -2.52. The van der Waals surface area contributed by atoms with Gasteiger partial charge < -0.3 is 10.6 Å². The molecule has 0 bridgehead atoms. The van der Waals surface area contributed by atoms with Crippen molar-refractivity contribution in [2.24, 2.45) is 0 Å². The van der Waals surface area contributed by atoms with E-state index in [0.29, 0.717) is 13.0 Å². The molecule has 2 N–H and O–H groups in total. The van der Waals surface area contributed by atoms with Crippen molar-refractivity contribution in [2.45, 2.75) is 31.5 Å². The Morgan fingerprint density at radius 1 is 1.24 bits per heavy atom. The molecule has 1 aromatic carbocycles. The summed E-state index contributed by atoms with van der Waals surface area (Å²) in [5, 5.41) is 5.84. The van der Waals surface area contributed by atoms with Crippen LogP contribution < -0.4 is 10.6 Å². The van der Waals surface area contributed by atoms with E-state index in [-0.39, 0.29) is 30.2 Å². The average molecular weight is 287 g/mol. The molecular weight excluding hydrogens is 270 g/mol. The number of nitrogens with zero attached hydrogens (tertiary/aromatic N) is 1. The third-order valence-corrected chi connectivity index (χ3v) is 4.10. The lowest BCUT2D eigenvalue weighted by molar-refractivity contribution is -0.138. The van der Waals surface area contributed by atoms with Gasteiger partial charge in [-0.15, -0.1) is 0 Å². The van der Waals surface area contributed by atoms with Gasteiger partial charge >= 0.3 is 0 Å². The molecule has 1 fully saturated rings. The molecule has 1 aromatic rings. The predicted molar refractivity (Wildman–Crippen MR) is 75.1 cm³/mol. The summed E-state index contributed by atoms with van der Waals surface area (Å²) >= 11 is 0. The number of imide groups is 1. The van der Waals surface area contributed by atoms with E-state index in [1.807, 2.05) is 24.3 Å². The summed E-state index contributed by atoms with van der Waals surface area (Å²) in [6.07, 6.45) is 0.636. The summed E-state index contributed by atoms with van der Waals surface area (Å²) in [7, 11) is 1.44. The summed E-state index contributed by atoms with van der Waals surface area (Å²) in [4.78, 5) is 36.6. The third-order valence-electron chi connectivity index (χ3n) is 4.10. The number of rotatable bonds is 2. The predicted octanol–water partition coefficient (Wildman–Crippen LogP) is -0.426. The number of nitrogens with one attached hydrogen (secondary N) is 2. The minimum atomic E-state index is -0.728. The smallest absolute Gasteiger partial charge is 0.252 e. The van der Waals surface area contributed by atoms with Gasteiger partial charge in [-0.05, 0) is 17.5 Å². The number of fused-ring (bicyclic) bond motifs is 1. The Labute approximate surface area is 122 Å². The summed E-state index contributed by atoms with van der Waals surface area (Å²) in [5.41, 5.74) is 2.33. The van der Waals surface area contributed by atoms with Crippen LogP contribution in [0.1, 0.15) is 17.5 Å². The van der Waals surface area contributed by atoms with Gasteiger partial charge in [-0.25, -0.2) is 0 Å². The van der Waals surface area contributed by atoms with Gasteiger partial charge in [0.05, 0.1) is 12.5 Å². The molecule has 0 spiro atoms. The van der Waals surface area contributed by atoms with E-state index >= 15 is 0 Å². The van der Waals surface area contributed by atoms with Crippen LogP contribution in [0.15, 0.2) is 24.3 Å². The van der Waals surface area contributed by atoms with Crippen molar-refractivity contribution in [3.63, 3.8) is 0 Å². The Bertz CT molecular complexity index is 614. The second kappa shape index (κ2) is 5.29. The van der Waals surface area contributed by atoms with Crippen molar-refractivity contribution >= 4 is 17.7 Å². The Morgan fingerprint density at radius 3 is 2.62 bits per heavy atom. The zero-order valence-corrected chi connectivity index (χ0v) is 11.8. The van der Waals surface area contributed by atoms with E-state index in [1.54, 1.807) is 0 Å². The second-order valence-electron chi connectivity index (χ2n) is 5.46. The molecule has 0 aliphatic carbocycles. The number of hydrogen-bond donors (Lipinski definition) is 2. The Hall–Kier alpha value is -2.21. The topological polar surface area (TPSA) is 78.5 Å². The third kappa shape index (κ3) is 2.54. The minimum Gasteiger partial charge on any atom is -0.342 e. The highest BCUT2D eigenvalue weighted by Crippen LogP contribution is 2.17. The van der Waals surface area contributed by atoms with Crippen LogP contribution in [0.2, 0.25) is 0 Å². The molecule has 1 saturated heterocycles. The number of carbonyl (C=O) groups is 3. The quantitative estimate of drug-likeness (QED) is 0.724. The molecule has 2 unspecified atom stereocenters. The minimum absolute atomic E-state index is 0.0460. The molecule has 0 radical (unpaired) electrons. The molecule has 2 aliphatic heterocycles. The molecule has 0 aromatic heterocycles. The highest BCUT2D eigenvalue weighted by atomic mass is 16.2. The molecule has 3 rings (SSSR count). The SMILES string of the molecule is CN1C(=O)CC(NC(=O)C2Cc3ccccc3CN2)C1=O. The number of carbonyl (C=O) groups excluding carboxylic acids is 3. The van der Waals surface area contributed by atoms with Crippen LogP contribution in [-0.2, 0) is 27.3 Å². The summed E-state index contributed by atoms with van der Waals surface area (Å²) in [5.74, 6) is -0.831. The molecule has 21 heavy (non-hydrogen) atoms. The fourth-order valence-corrected chi connectivity index (χ4v) is 2.78. The average Bonchev–Trinajstić information content (AvgIpc) is 2.74. The van der Waals surface area contributed by atoms with E-state index in [0.717, 1.165) is 10.5 Å². The summed E-state index contributed by atoms with van der Waals surface area (Å²) < 4.78 is 0. The van der Waals surface area contributed by atoms with Gasteiger partial charge in [0.15, 0.2) is 0 Å². The van der Waals surface area contributed by atoms with Gasteiger partial charge in [0, 0.05) is 13.6 Å². The molecule has 6 heteroatoms. The van der Waals surface area contributed by atoms with E-state index in [9.17, 15) is 14.4 Å². The van der Waals surface area contributed by atoms with Crippen LogP contribution in [0, 0.1) is 0 Å². The van der Waals surface area contributed by atoms with Crippen LogP contribution in [0.4, 0.5) is 0 Å². The molecule has 3 amide bonds. The first-order valence-corrected chi connectivity index (χ1v) is 6.97. The largest absolute Gasteiger partial charge is 0.342 e. The van der Waals surface area contributed by atoms with Crippen molar-refractivity contribution in [3.05, 3.63) is 35.4 Å². The Balaban J connectivity index is 1.65. The highest BCUT2D eigenvalue weighted by molar-refractivity contribution is 6.06. The van der Waals surface area contributed by atoms with Crippen LogP contribution in [0.5, 0.6) is 0 Å². The lowest BCUT2D eigenvalue weighted by atomic mass is 9.95. The van der Waals surface area contributed by atoms with Crippen molar-refractivity contribution in [2.75, 3.05) is 7.05 Å². The zero-order chi connectivity index (χ0) is 15.0. The number of likely N-dealkylation sites (tertiary alicyclic amines) is 1. The van der Waals surface area contributed by atoms with Crippen LogP contribution >= 0.6 is 0 Å². The maximum Gasteiger partial charge on any atom is 0.252 e. The zero-order valence-electron chi connectivity index (χ0n) is 11.8.